The van der Waals surface area contributed by atoms with Crippen LogP contribution in [0.25, 0.3) is 0 Å². The molecule has 0 amide bonds. The van der Waals surface area contributed by atoms with Crippen LogP contribution in [0.1, 0.15) is 25.7 Å². The Kier molecular flexibility index (Phi) is 4.36. The number of aliphatic hydroxyl groups excluding tert-OH is 1. The number of hydrogen-bond acceptors (Lipinski definition) is 5. The molecule has 94 valence electrons. The van der Waals surface area contributed by atoms with Crippen LogP contribution in [0.3, 0.4) is 0 Å². The van der Waals surface area contributed by atoms with Crippen molar-refractivity contribution in [3.8, 4) is 0 Å². The normalized spacial score (nSPS) is 24.6. The Morgan fingerprint density at radius 1 is 1.24 bits per heavy atom. The van der Waals surface area contributed by atoms with Crippen molar-refractivity contribution in [2.45, 2.75) is 31.7 Å². The van der Waals surface area contributed by atoms with Crippen LogP contribution < -0.4 is 5.32 Å². The van der Waals surface area contributed by atoms with E-state index < -0.39 is 0 Å². The molecule has 0 spiro atoms. The second kappa shape index (κ2) is 5.80. The molecular formula is C10H14Cl2N4O. The molecule has 0 bridgehead atoms. The summed E-state index contributed by atoms with van der Waals surface area (Å²) < 4.78 is 0. The molecule has 1 aromatic rings. The van der Waals surface area contributed by atoms with Crippen LogP contribution in [0.5, 0.6) is 0 Å². The zero-order chi connectivity index (χ0) is 12.3. The van der Waals surface area contributed by atoms with E-state index in [0.29, 0.717) is 5.82 Å². The Labute approximate surface area is 110 Å². The number of nitrogens with one attached hydrogen (secondary N) is 1. The largest absolute Gasteiger partial charge is 0.396 e. The van der Waals surface area contributed by atoms with Gasteiger partial charge in [-0.25, -0.2) is 0 Å². The first-order chi connectivity index (χ1) is 8.20. The second-order valence-electron chi connectivity index (χ2n) is 4.20. The molecule has 0 radical (unpaired) electrons. The maximum atomic E-state index is 9.32. The average Bonchev–Trinajstić information content (AvgIpc) is 2.34. The lowest BCUT2D eigenvalue weighted by atomic mass is 9.85. The van der Waals surface area contributed by atoms with Crippen molar-refractivity contribution in [2.24, 2.45) is 5.92 Å². The van der Waals surface area contributed by atoms with Crippen LogP contribution in [0.15, 0.2) is 0 Å². The van der Waals surface area contributed by atoms with E-state index in [9.17, 15) is 5.11 Å². The zero-order valence-corrected chi connectivity index (χ0v) is 10.7. The average molecular weight is 277 g/mol. The van der Waals surface area contributed by atoms with Crippen molar-refractivity contribution in [1.29, 1.82) is 0 Å². The van der Waals surface area contributed by atoms with Gasteiger partial charge in [-0.15, -0.1) is 10.2 Å². The highest BCUT2D eigenvalue weighted by Crippen LogP contribution is 2.28. The predicted octanol–water partition coefficient (Wildman–Crippen LogP) is 2.14. The van der Waals surface area contributed by atoms with Crippen LogP contribution in [-0.2, 0) is 0 Å². The summed E-state index contributed by atoms with van der Waals surface area (Å²) >= 11 is 11.6. The van der Waals surface area contributed by atoms with Gasteiger partial charge < -0.3 is 10.4 Å². The van der Waals surface area contributed by atoms with Gasteiger partial charge in [0.1, 0.15) is 0 Å². The summed E-state index contributed by atoms with van der Waals surface area (Å²) in [5.41, 5.74) is 0. The summed E-state index contributed by atoms with van der Waals surface area (Å²) in [4.78, 5) is 4.00. The van der Waals surface area contributed by atoms with E-state index in [-0.39, 0.29) is 29.0 Å². The molecular weight excluding hydrogens is 263 g/mol. The Morgan fingerprint density at radius 2 is 2.00 bits per heavy atom. The first-order valence-corrected chi connectivity index (χ1v) is 6.39. The summed E-state index contributed by atoms with van der Waals surface area (Å²) in [6, 6.07) is 0.166. The van der Waals surface area contributed by atoms with Gasteiger partial charge in [-0.2, -0.15) is 4.98 Å². The molecule has 1 aliphatic rings. The summed E-state index contributed by atoms with van der Waals surface area (Å²) in [5.74, 6) is 0.672. The van der Waals surface area contributed by atoms with E-state index in [2.05, 4.69) is 20.5 Å². The van der Waals surface area contributed by atoms with Crippen molar-refractivity contribution in [3.63, 3.8) is 0 Å². The third-order valence-corrected chi connectivity index (χ3v) is 3.50. The van der Waals surface area contributed by atoms with Crippen molar-refractivity contribution in [1.82, 2.24) is 15.2 Å². The van der Waals surface area contributed by atoms with Gasteiger partial charge in [-0.1, -0.05) is 24.4 Å². The number of aromatic nitrogens is 3. The highest BCUT2D eigenvalue weighted by atomic mass is 35.5. The first kappa shape index (κ1) is 12.8. The number of halogens is 2. The SMILES string of the molecule is OCC1CCCCC1Nc1nc(Cl)nnc1Cl. The number of hydrogen-bond donors (Lipinski definition) is 2. The third kappa shape index (κ3) is 3.18. The summed E-state index contributed by atoms with van der Waals surface area (Å²) in [6.07, 6.45) is 4.29. The molecule has 1 aromatic heterocycles. The Bertz CT molecular complexity index is 391. The van der Waals surface area contributed by atoms with Gasteiger partial charge in [0.05, 0.1) is 0 Å². The second-order valence-corrected chi connectivity index (χ2v) is 4.89. The molecule has 1 aliphatic carbocycles. The lowest BCUT2D eigenvalue weighted by Gasteiger charge is -2.31. The number of nitrogens with zero attached hydrogens (tertiary/aromatic N) is 3. The minimum atomic E-state index is 0.0632. The maximum absolute atomic E-state index is 9.32. The van der Waals surface area contributed by atoms with Crippen LogP contribution >= 0.6 is 23.2 Å². The number of aliphatic hydroxyl groups is 1. The lowest BCUT2D eigenvalue weighted by Crippen LogP contribution is -2.34. The number of rotatable bonds is 3. The van der Waals surface area contributed by atoms with Crippen LogP contribution in [0, 0.1) is 5.92 Å². The molecule has 17 heavy (non-hydrogen) atoms. The smallest absolute Gasteiger partial charge is 0.245 e. The standard InChI is InChI=1S/C10H14Cl2N4O/c11-8-9(14-10(12)16-15-8)13-7-4-2-1-3-6(7)5-17/h6-7,17H,1-5H2,(H,13,14,16). The fraction of sp³-hybridized carbons (Fsp3) is 0.700. The molecule has 2 N–H and O–H groups in total. The fourth-order valence-corrected chi connectivity index (χ4v) is 2.43. The van der Waals surface area contributed by atoms with Crippen molar-refractivity contribution >= 4 is 29.0 Å². The fourth-order valence-electron chi connectivity index (χ4n) is 2.18. The monoisotopic (exact) mass is 276 g/mol. The summed E-state index contributed by atoms with van der Waals surface area (Å²) in [6.45, 7) is 0.168. The minimum Gasteiger partial charge on any atom is -0.396 e. The van der Waals surface area contributed by atoms with Gasteiger partial charge in [0, 0.05) is 18.6 Å². The van der Waals surface area contributed by atoms with Gasteiger partial charge in [0.25, 0.3) is 0 Å². The Morgan fingerprint density at radius 3 is 2.76 bits per heavy atom. The van der Waals surface area contributed by atoms with Gasteiger partial charge in [-0.05, 0) is 24.4 Å². The van der Waals surface area contributed by atoms with Crippen LogP contribution in [0.2, 0.25) is 10.4 Å². The maximum Gasteiger partial charge on any atom is 0.245 e. The molecule has 1 fully saturated rings. The van der Waals surface area contributed by atoms with E-state index in [4.69, 9.17) is 23.2 Å². The topological polar surface area (TPSA) is 70.9 Å². The van der Waals surface area contributed by atoms with Crippen molar-refractivity contribution < 1.29 is 5.11 Å². The van der Waals surface area contributed by atoms with Crippen molar-refractivity contribution in [3.05, 3.63) is 10.4 Å². The molecule has 1 saturated carbocycles. The Balaban J connectivity index is 2.10. The molecule has 2 unspecified atom stereocenters. The van der Waals surface area contributed by atoms with Gasteiger partial charge in [-0.3, -0.25) is 0 Å². The summed E-state index contributed by atoms with van der Waals surface area (Å²) in [5, 5.41) is 20.0. The number of anilines is 1. The highest BCUT2D eigenvalue weighted by Gasteiger charge is 2.25. The van der Waals surface area contributed by atoms with E-state index in [1.165, 1.54) is 0 Å². The Hall–Kier alpha value is -0.650. The molecule has 1 heterocycles. The molecule has 2 atom stereocenters. The molecule has 5 nitrogen and oxygen atoms in total. The quantitative estimate of drug-likeness (QED) is 0.885. The van der Waals surface area contributed by atoms with Gasteiger partial charge >= 0.3 is 0 Å². The van der Waals surface area contributed by atoms with E-state index in [1.807, 2.05) is 0 Å². The molecule has 7 heteroatoms. The minimum absolute atomic E-state index is 0.0632. The van der Waals surface area contributed by atoms with Gasteiger partial charge in [0.15, 0.2) is 11.0 Å². The molecule has 0 saturated heterocycles. The lowest BCUT2D eigenvalue weighted by molar-refractivity contribution is 0.178. The van der Waals surface area contributed by atoms with E-state index in [1.54, 1.807) is 0 Å². The first-order valence-electron chi connectivity index (χ1n) is 5.64. The molecule has 2 rings (SSSR count). The van der Waals surface area contributed by atoms with Crippen molar-refractivity contribution in [2.75, 3.05) is 11.9 Å². The third-order valence-electron chi connectivity index (χ3n) is 3.09. The zero-order valence-electron chi connectivity index (χ0n) is 9.24. The molecule has 0 aromatic carbocycles. The molecule has 0 aliphatic heterocycles. The summed E-state index contributed by atoms with van der Waals surface area (Å²) in [7, 11) is 0. The predicted molar refractivity (Wildman–Crippen MR) is 66.3 cm³/mol. The van der Waals surface area contributed by atoms with E-state index in [0.717, 1.165) is 25.7 Å². The van der Waals surface area contributed by atoms with Crippen LogP contribution in [0.4, 0.5) is 5.82 Å². The van der Waals surface area contributed by atoms with Gasteiger partial charge in [0.2, 0.25) is 5.28 Å². The highest BCUT2D eigenvalue weighted by molar-refractivity contribution is 6.32. The van der Waals surface area contributed by atoms with Crippen LogP contribution in [-0.4, -0.2) is 32.9 Å². The van der Waals surface area contributed by atoms with E-state index >= 15 is 0 Å².